The Bertz CT molecular complexity index is 1110. The molecule has 0 bridgehead atoms. The SMILES string of the molecule is CCc1ccc([C@H]2C[C@@]3(C)[C@@H](CC[C@]3(OC(C)=O)C(C)=O)[C@@H]3CCC4=CC(=O)CCC4=C32)cc1. The lowest BCUT2D eigenvalue weighted by Gasteiger charge is -2.55. The molecule has 180 valence electrons. The third-order valence-corrected chi connectivity index (χ3v) is 9.53. The van der Waals surface area contributed by atoms with Gasteiger partial charge in [0.1, 0.15) is 0 Å². The van der Waals surface area contributed by atoms with Crippen LogP contribution in [0.5, 0.6) is 0 Å². The maximum Gasteiger partial charge on any atom is 0.303 e. The van der Waals surface area contributed by atoms with Crippen LogP contribution in [0.4, 0.5) is 0 Å². The molecule has 0 heterocycles. The van der Waals surface area contributed by atoms with Gasteiger partial charge in [0.2, 0.25) is 0 Å². The highest BCUT2D eigenvalue weighted by Crippen LogP contribution is 2.67. The molecule has 1 aromatic carbocycles. The van der Waals surface area contributed by atoms with Crippen molar-refractivity contribution < 1.29 is 19.1 Å². The first-order valence-corrected chi connectivity index (χ1v) is 13.0. The van der Waals surface area contributed by atoms with Crippen molar-refractivity contribution in [2.24, 2.45) is 17.3 Å². The smallest absolute Gasteiger partial charge is 0.303 e. The normalized spacial score (nSPS) is 34.6. The largest absolute Gasteiger partial charge is 0.451 e. The number of aryl methyl sites for hydroxylation is 1. The van der Waals surface area contributed by atoms with Gasteiger partial charge in [-0.1, -0.05) is 43.7 Å². The predicted octanol–water partition coefficient (Wildman–Crippen LogP) is 6.04. The second-order valence-electron chi connectivity index (χ2n) is 11.1. The molecule has 5 atom stereocenters. The summed E-state index contributed by atoms with van der Waals surface area (Å²) in [6, 6.07) is 8.93. The number of allylic oxidation sites excluding steroid dienone is 4. The maximum absolute atomic E-state index is 13.2. The molecule has 0 spiro atoms. The van der Waals surface area contributed by atoms with Gasteiger partial charge in [-0.2, -0.15) is 0 Å². The van der Waals surface area contributed by atoms with Crippen LogP contribution in [-0.4, -0.2) is 23.1 Å². The van der Waals surface area contributed by atoms with E-state index < -0.39 is 11.0 Å². The minimum absolute atomic E-state index is 0.0245. The van der Waals surface area contributed by atoms with Gasteiger partial charge in [-0.3, -0.25) is 14.4 Å². The fourth-order valence-corrected chi connectivity index (χ4v) is 8.00. The molecule has 0 N–H and O–H groups in total. The van der Waals surface area contributed by atoms with Crippen LogP contribution in [0.25, 0.3) is 0 Å². The summed E-state index contributed by atoms with van der Waals surface area (Å²) in [4.78, 5) is 37.6. The maximum atomic E-state index is 13.2. The summed E-state index contributed by atoms with van der Waals surface area (Å²) in [7, 11) is 0. The number of rotatable bonds is 4. The molecular weight excluding hydrogens is 424 g/mol. The third kappa shape index (κ3) is 3.36. The first kappa shape index (κ1) is 23.3. The summed E-state index contributed by atoms with van der Waals surface area (Å²) in [5, 5.41) is 0. The molecule has 0 aliphatic heterocycles. The van der Waals surface area contributed by atoms with E-state index in [0.717, 1.165) is 38.5 Å². The molecule has 0 amide bonds. The Hall–Kier alpha value is -2.49. The second-order valence-corrected chi connectivity index (χ2v) is 11.1. The lowest BCUT2D eigenvalue weighted by molar-refractivity contribution is -0.182. The Labute approximate surface area is 202 Å². The van der Waals surface area contributed by atoms with Crippen LogP contribution < -0.4 is 0 Å². The summed E-state index contributed by atoms with van der Waals surface area (Å²) >= 11 is 0. The highest BCUT2D eigenvalue weighted by molar-refractivity contribution is 5.93. The number of esters is 1. The summed E-state index contributed by atoms with van der Waals surface area (Å²) < 4.78 is 5.99. The van der Waals surface area contributed by atoms with E-state index in [1.807, 2.05) is 6.08 Å². The monoisotopic (exact) mass is 460 g/mol. The topological polar surface area (TPSA) is 60.4 Å². The van der Waals surface area contributed by atoms with E-state index in [-0.39, 0.29) is 23.5 Å². The Morgan fingerprint density at radius 1 is 1.06 bits per heavy atom. The molecule has 1 aromatic rings. The molecule has 2 fully saturated rings. The minimum atomic E-state index is -1.06. The van der Waals surface area contributed by atoms with E-state index in [4.69, 9.17) is 4.74 Å². The van der Waals surface area contributed by atoms with Gasteiger partial charge in [0.15, 0.2) is 17.2 Å². The summed E-state index contributed by atoms with van der Waals surface area (Å²) in [5.41, 5.74) is 5.24. The summed E-state index contributed by atoms with van der Waals surface area (Å²) in [6.45, 7) is 7.40. The zero-order chi connectivity index (χ0) is 24.3. The van der Waals surface area contributed by atoms with Crippen molar-refractivity contribution in [1.82, 2.24) is 0 Å². The van der Waals surface area contributed by atoms with Crippen molar-refractivity contribution in [1.29, 1.82) is 0 Å². The van der Waals surface area contributed by atoms with Crippen LogP contribution in [0.3, 0.4) is 0 Å². The standard InChI is InChI=1S/C30H36O4/c1-5-20-6-8-21(9-7-20)26-17-29(4)27(14-15-30(29,18(2)31)34-19(3)32)25-12-10-22-16-23(33)11-13-24(22)28(25)26/h6-9,16,25-27H,5,10-15,17H2,1-4H3/t25-,26+,27-,29-,30-/m0/s1. The van der Waals surface area contributed by atoms with Crippen molar-refractivity contribution in [3.05, 3.63) is 58.2 Å². The lowest BCUT2D eigenvalue weighted by Crippen LogP contribution is -2.57. The number of Topliss-reactive ketones (excluding diaryl/α,β-unsaturated/α-hetero) is 1. The van der Waals surface area contributed by atoms with E-state index in [1.165, 1.54) is 34.8 Å². The third-order valence-electron chi connectivity index (χ3n) is 9.53. The van der Waals surface area contributed by atoms with Crippen LogP contribution in [0.2, 0.25) is 0 Å². The Morgan fingerprint density at radius 2 is 1.79 bits per heavy atom. The first-order chi connectivity index (χ1) is 16.2. The molecule has 0 unspecified atom stereocenters. The number of ether oxygens (including phenoxy) is 1. The number of fused-ring (bicyclic) bond motifs is 4. The van der Waals surface area contributed by atoms with Crippen molar-refractivity contribution in [3.8, 4) is 0 Å². The number of hydrogen-bond acceptors (Lipinski definition) is 4. The minimum Gasteiger partial charge on any atom is -0.451 e. The van der Waals surface area contributed by atoms with Gasteiger partial charge in [-0.25, -0.2) is 0 Å². The highest BCUT2D eigenvalue weighted by Gasteiger charge is 2.67. The van der Waals surface area contributed by atoms with Crippen LogP contribution in [0.15, 0.2) is 47.1 Å². The zero-order valence-corrected chi connectivity index (χ0v) is 20.9. The van der Waals surface area contributed by atoms with Crippen molar-refractivity contribution in [2.75, 3.05) is 0 Å². The van der Waals surface area contributed by atoms with Gasteiger partial charge in [-0.15, -0.1) is 0 Å². The second kappa shape index (κ2) is 8.32. The molecular formula is C30H36O4. The van der Waals surface area contributed by atoms with Gasteiger partial charge in [0.25, 0.3) is 0 Å². The number of carbonyl (C=O) groups excluding carboxylic acids is 3. The fourth-order valence-electron chi connectivity index (χ4n) is 8.00. The number of ketones is 2. The Morgan fingerprint density at radius 3 is 2.44 bits per heavy atom. The Balaban J connectivity index is 1.69. The molecule has 2 saturated carbocycles. The molecule has 0 saturated heterocycles. The van der Waals surface area contributed by atoms with Crippen molar-refractivity contribution in [3.63, 3.8) is 0 Å². The molecule has 34 heavy (non-hydrogen) atoms. The van der Waals surface area contributed by atoms with Crippen molar-refractivity contribution in [2.45, 2.75) is 90.6 Å². The van der Waals surface area contributed by atoms with Crippen LogP contribution in [0, 0.1) is 17.3 Å². The molecule has 0 radical (unpaired) electrons. The molecule has 4 nitrogen and oxygen atoms in total. The fraction of sp³-hybridized carbons (Fsp3) is 0.567. The molecule has 4 aliphatic carbocycles. The van der Waals surface area contributed by atoms with Crippen molar-refractivity contribution >= 4 is 17.5 Å². The number of benzene rings is 1. The average molecular weight is 461 g/mol. The van der Waals surface area contributed by atoms with E-state index >= 15 is 0 Å². The van der Waals surface area contributed by atoms with E-state index in [1.54, 1.807) is 6.92 Å². The van der Waals surface area contributed by atoms with Crippen LogP contribution in [-0.2, 0) is 25.5 Å². The quantitative estimate of drug-likeness (QED) is 0.514. The average Bonchev–Trinajstić information content (AvgIpc) is 3.10. The van der Waals surface area contributed by atoms with E-state index in [9.17, 15) is 14.4 Å². The van der Waals surface area contributed by atoms with E-state index in [0.29, 0.717) is 24.7 Å². The molecule has 0 aromatic heterocycles. The van der Waals surface area contributed by atoms with Gasteiger partial charge in [0.05, 0.1) is 0 Å². The van der Waals surface area contributed by atoms with E-state index in [2.05, 4.69) is 38.1 Å². The van der Waals surface area contributed by atoms with Gasteiger partial charge in [0, 0.05) is 24.7 Å². The summed E-state index contributed by atoms with van der Waals surface area (Å²) in [5.74, 6) is 0.661. The summed E-state index contributed by atoms with van der Waals surface area (Å²) in [6.07, 6.45) is 8.49. The lowest BCUT2D eigenvalue weighted by atomic mass is 9.50. The number of hydrogen-bond donors (Lipinski definition) is 0. The first-order valence-electron chi connectivity index (χ1n) is 13.0. The molecule has 4 heteroatoms. The van der Waals surface area contributed by atoms with Crippen LogP contribution >= 0.6 is 0 Å². The predicted molar refractivity (Wildman–Crippen MR) is 131 cm³/mol. The van der Waals surface area contributed by atoms with Gasteiger partial charge >= 0.3 is 5.97 Å². The zero-order valence-electron chi connectivity index (χ0n) is 20.9. The van der Waals surface area contributed by atoms with Gasteiger partial charge < -0.3 is 4.74 Å². The molecule has 5 rings (SSSR count). The Kier molecular flexibility index (Phi) is 5.69. The molecule has 4 aliphatic rings. The highest BCUT2D eigenvalue weighted by atomic mass is 16.6. The number of carbonyl (C=O) groups is 3. The van der Waals surface area contributed by atoms with Crippen LogP contribution in [0.1, 0.15) is 89.7 Å². The van der Waals surface area contributed by atoms with Gasteiger partial charge in [-0.05, 0) is 92.1 Å².